The number of fused-ring (bicyclic) bond motifs is 4. The highest BCUT2D eigenvalue weighted by Gasteiger charge is 2.25. The molecular weight excluding hydrogens is 645 g/mol. The van der Waals surface area contributed by atoms with E-state index in [0.29, 0.717) is 33.4 Å². The summed E-state index contributed by atoms with van der Waals surface area (Å²) >= 11 is 0. The molecular formula is C46H32N2O4. The van der Waals surface area contributed by atoms with E-state index in [2.05, 4.69) is 23.1 Å². The Kier molecular flexibility index (Phi) is 8.89. The maximum atomic E-state index is 14.7. The third kappa shape index (κ3) is 5.38. The molecule has 0 N–H and O–H groups in total. The fraction of sp³-hybridized carbons (Fsp3) is 0.0435. The van der Waals surface area contributed by atoms with E-state index >= 15 is 0 Å². The fourth-order valence-electron chi connectivity index (χ4n) is 6.97. The maximum Gasteiger partial charge on any atom is 0.215 e. The summed E-state index contributed by atoms with van der Waals surface area (Å²) in [6.07, 6.45) is 14.1. The van der Waals surface area contributed by atoms with E-state index in [1.54, 1.807) is 36.4 Å². The molecule has 6 nitrogen and oxygen atoms in total. The Bertz CT molecular complexity index is 2760. The van der Waals surface area contributed by atoms with Crippen molar-refractivity contribution < 1.29 is 0 Å². The number of allylic oxidation sites excluding steroid dienone is 10. The highest BCUT2D eigenvalue weighted by Crippen LogP contribution is 2.34. The first-order valence-corrected chi connectivity index (χ1v) is 16.8. The highest BCUT2D eigenvalue weighted by atomic mass is 16.1. The van der Waals surface area contributed by atoms with Crippen molar-refractivity contribution in [2.45, 2.75) is 13.8 Å². The van der Waals surface area contributed by atoms with Gasteiger partial charge >= 0.3 is 0 Å². The van der Waals surface area contributed by atoms with Crippen LogP contribution >= 0.6 is 0 Å². The predicted octanol–water partition coefficient (Wildman–Crippen LogP) is 9.03. The quantitative estimate of drug-likeness (QED) is 0.118. The largest absolute Gasteiger partial charge is 0.287 e. The number of rotatable bonds is 8. The summed E-state index contributed by atoms with van der Waals surface area (Å²) in [5, 5.41) is 0.599. The average molecular weight is 677 g/mol. The topological polar surface area (TPSA) is 94.1 Å². The summed E-state index contributed by atoms with van der Waals surface area (Å²) in [6, 6.07) is 25.8. The van der Waals surface area contributed by atoms with E-state index in [4.69, 9.17) is 0 Å². The Morgan fingerprint density at radius 1 is 0.481 bits per heavy atom. The van der Waals surface area contributed by atoms with Gasteiger partial charge in [-0.1, -0.05) is 147 Å². The van der Waals surface area contributed by atoms with Crippen LogP contribution in [0, 0.1) is 0 Å². The number of nitrogens with zero attached hydrogens (tertiary/aromatic N) is 2. The van der Waals surface area contributed by atoms with Crippen LogP contribution in [0.4, 0.5) is 0 Å². The van der Waals surface area contributed by atoms with Crippen molar-refractivity contribution in [1.29, 1.82) is 0 Å². The summed E-state index contributed by atoms with van der Waals surface area (Å²) < 4.78 is 0. The van der Waals surface area contributed by atoms with Gasteiger partial charge in [-0.05, 0) is 58.4 Å². The lowest BCUT2D eigenvalue weighted by Gasteiger charge is -2.14. The van der Waals surface area contributed by atoms with Crippen molar-refractivity contribution in [1.82, 2.24) is 9.97 Å². The molecule has 0 spiro atoms. The lowest BCUT2D eigenvalue weighted by atomic mass is 9.90. The zero-order valence-electron chi connectivity index (χ0n) is 28.6. The number of aromatic nitrogens is 2. The van der Waals surface area contributed by atoms with Gasteiger partial charge in [0.05, 0.1) is 0 Å². The average Bonchev–Trinajstić information content (AvgIpc) is 3.18. The minimum Gasteiger partial charge on any atom is -0.287 e. The zero-order valence-corrected chi connectivity index (χ0v) is 28.6. The van der Waals surface area contributed by atoms with Gasteiger partial charge in [-0.25, -0.2) is 9.97 Å². The summed E-state index contributed by atoms with van der Waals surface area (Å²) in [7, 11) is 0. The standard InChI is InChI=1S/C46H32N2O4/c1-5-15-27(16-6-2)31-23-25-33(29-19-11-9-12-20-29)37-35(31)43(49)39-41(45(37)51)48-42-40(47-39)44(50)36-32(28(17-7-3)18-8-4)24-26-34(38(36)46(42)52)30-21-13-10-14-22-30/h5-26H,1,3H2,2,4H3/b16-6-,18-8-,27-15+,28-17+. The molecule has 52 heavy (non-hydrogen) atoms. The van der Waals surface area contributed by atoms with Crippen LogP contribution in [0.3, 0.4) is 0 Å². The first kappa shape index (κ1) is 33.6. The van der Waals surface area contributed by atoms with Gasteiger partial charge in [-0.2, -0.15) is 0 Å². The van der Waals surface area contributed by atoms with E-state index in [1.807, 2.05) is 111 Å². The van der Waals surface area contributed by atoms with Crippen LogP contribution in [-0.2, 0) is 0 Å². The summed E-state index contributed by atoms with van der Waals surface area (Å²) in [4.78, 5) is 68.0. The normalized spacial score (nSPS) is 12.6. The molecule has 6 aromatic carbocycles. The molecule has 7 aromatic rings. The Morgan fingerprint density at radius 3 is 1.15 bits per heavy atom. The van der Waals surface area contributed by atoms with Crippen LogP contribution in [0.25, 0.3) is 77.0 Å². The molecule has 0 bridgehead atoms. The minimum atomic E-state index is -0.572. The molecule has 0 unspecified atom stereocenters. The van der Waals surface area contributed by atoms with Gasteiger partial charge < -0.3 is 0 Å². The summed E-state index contributed by atoms with van der Waals surface area (Å²) in [5.41, 5.74) is 1.50. The molecule has 0 saturated carbocycles. The van der Waals surface area contributed by atoms with E-state index in [0.717, 1.165) is 11.1 Å². The fourth-order valence-corrected chi connectivity index (χ4v) is 6.97. The second-order valence-electron chi connectivity index (χ2n) is 12.2. The van der Waals surface area contributed by atoms with E-state index in [9.17, 15) is 19.2 Å². The van der Waals surface area contributed by atoms with Gasteiger partial charge in [0.25, 0.3) is 0 Å². The van der Waals surface area contributed by atoms with Gasteiger partial charge in [0.2, 0.25) is 21.7 Å². The molecule has 0 aliphatic rings. The molecule has 250 valence electrons. The molecule has 7 rings (SSSR count). The lowest BCUT2D eigenvalue weighted by Crippen LogP contribution is -2.22. The molecule has 6 heteroatoms. The molecule has 0 aliphatic carbocycles. The third-order valence-corrected chi connectivity index (χ3v) is 9.15. The molecule has 0 fully saturated rings. The molecule has 0 saturated heterocycles. The smallest absolute Gasteiger partial charge is 0.215 e. The van der Waals surface area contributed by atoms with Crippen LogP contribution in [0.15, 0.2) is 166 Å². The summed E-state index contributed by atoms with van der Waals surface area (Å²) in [6.45, 7) is 11.4. The first-order chi connectivity index (χ1) is 25.3. The van der Waals surface area contributed by atoms with Gasteiger partial charge in [0, 0.05) is 21.5 Å². The van der Waals surface area contributed by atoms with Gasteiger partial charge in [0.15, 0.2) is 0 Å². The van der Waals surface area contributed by atoms with Crippen molar-refractivity contribution in [3.8, 4) is 22.3 Å². The Balaban J connectivity index is 1.72. The number of hydrogen-bond donors (Lipinski definition) is 0. The van der Waals surface area contributed by atoms with Gasteiger partial charge in [-0.15, -0.1) is 0 Å². The third-order valence-electron chi connectivity index (χ3n) is 9.15. The Hall–Kier alpha value is -6.92. The van der Waals surface area contributed by atoms with E-state index < -0.39 is 21.7 Å². The SMILES string of the molecule is C=C/C=C(\C=C/C)c1ccc(-c2ccccc2)c2c(=O)c3nc4c(=O)c5c(-c6ccccc6)ccc(C(/C=C\C)=C/C=C)c5c(=O)c4nc3c(=O)c12. The number of hydrogen-bond acceptors (Lipinski definition) is 6. The second-order valence-corrected chi connectivity index (χ2v) is 12.2. The van der Waals surface area contributed by atoms with Crippen LogP contribution in [0.5, 0.6) is 0 Å². The van der Waals surface area contributed by atoms with E-state index in [1.165, 1.54) is 0 Å². The van der Waals surface area contributed by atoms with Crippen LogP contribution in [0.1, 0.15) is 25.0 Å². The molecule has 0 amide bonds. The number of benzene rings is 6. The predicted molar refractivity (Wildman–Crippen MR) is 216 cm³/mol. The first-order valence-electron chi connectivity index (χ1n) is 16.8. The van der Waals surface area contributed by atoms with Crippen LogP contribution in [-0.4, -0.2) is 9.97 Å². The maximum absolute atomic E-state index is 14.7. The van der Waals surface area contributed by atoms with E-state index in [-0.39, 0.29) is 43.6 Å². The minimum absolute atomic E-state index is 0.144. The van der Waals surface area contributed by atoms with Crippen molar-refractivity contribution in [3.05, 3.63) is 199 Å². The summed E-state index contributed by atoms with van der Waals surface area (Å²) in [5.74, 6) is 0. The van der Waals surface area contributed by atoms with Gasteiger partial charge in [0.1, 0.15) is 22.1 Å². The second kappa shape index (κ2) is 13.8. The molecule has 0 radical (unpaired) electrons. The molecule has 0 aliphatic heterocycles. The Morgan fingerprint density at radius 2 is 0.827 bits per heavy atom. The molecule has 1 aromatic heterocycles. The van der Waals surface area contributed by atoms with Gasteiger partial charge in [-0.3, -0.25) is 19.2 Å². The van der Waals surface area contributed by atoms with Crippen molar-refractivity contribution in [2.75, 3.05) is 0 Å². The van der Waals surface area contributed by atoms with Crippen molar-refractivity contribution in [2.24, 2.45) is 0 Å². The Labute approximate surface area is 298 Å². The highest BCUT2D eigenvalue weighted by molar-refractivity contribution is 6.11. The van der Waals surface area contributed by atoms with Crippen molar-refractivity contribution >= 4 is 54.8 Å². The van der Waals surface area contributed by atoms with Crippen LogP contribution < -0.4 is 21.7 Å². The monoisotopic (exact) mass is 676 g/mol. The molecule has 0 atom stereocenters. The molecule has 1 heterocycles. The van der Waals surface area contributed by atoms with Crippen molar-refractivity contribution in [3.63, 3.8) is 0 Å². The van der Waals surface area contributed by atoms with Crippen LogP contribution in [0.2, 0.25) is 0 Å². The zero-order chi connectivity index (χ0) is 36.5. The lowest BCUT2D eigenvalue weighted by molar-refractivity contribution is 1.35.